The van der Waals surface area contributed by atoms with Gasteiger partial charge in [0.25, 0.3) is 5.91 Å². The predicted molar refractivity (Wildman–Crippen MR) is 110 cm³/mol. The van der Waals surface area contributed by atoms with Crippen LogP contribution in [-0.4, -0.2) is 49.3 Å². The van der Waals surface area contributed by atoms with Crippen molar-refractivity contribution in [2.75, 3.05) is 38.2 Å². The first-order chi connectivity index (χ1) is 13.0. The lowest BCUT2D eigenvalue weighted by molar-refractivity contribution is -0.147. The average molecular weight is 377 g/mol. The lowest BCUT2D eigenvalue weighted by Gasteiger charge is -2.38. The Morgan fingerprint density at radius 2 is 1.93 bits per heavy atom. The van der Waals surface area contributed by atoms with Gasteiger partial charge >= 0.3 is 0 Å². The van der Waals surface area contributed by atoms with Crippen LogP contribution in [0, 0.1) is 5.92 Å². The number of rotatable bonds is 10. The van der Waals surface area contributed by atoms with Crippen LogP contribution in [0.15, 0.2) is 24.3 Å². The molecule has 0 radical (unpaired) electrons. The number of carbonyl (C=O) groups is 1. The number of ether oxygens (including phenoxy) is 2. The summed E-state index contributed by atoms with van der Waals surface area (Å²) in [5.41, 5.74) is 0.0964. The minimum atomic E-state index is -0.689. The van der Waals surface area contributed by atoms with Crippen molar-refractivity contribution in [1.29, 1.82) is 0 Å². The summed E-state index contributed by atoms with van der Waals surface area (Å²) in [4.78, 5) is 15.3. The minimum absolute atomic E-state index is 0.0221. The zero-order chi connectivity index (χ0) is 19.7. The monoisotopic (exact) mass is 376 g/mol. The first-order valence-corrected chi connectivity index (χ1v) is 10.4. The third-order valence-corrected chi connectivity index (χ3v) is 5.47. The molecule has 1 aromatic carbocycles. The molecule has 2 unspecified atom stereocenters. The zero-order valence-electron chi connectivity index (χ0n) is 17.4. The van der Waals surface area contributed by atoms with E-state index in [4.69, 9.17) is 9.47 Å². The van der Waals surface area contributed by atoms with Crippen molar-refractivity contribution in [3.8, 4) is 5.75 Å². The minimum Gasteiger partial charge on any atom is -0.492 e. The number of nitrogens with zero attached hydrogens (tertiary/aromatic N) is 1. The molecule has 1 aliphatic carbocycles. The molecule has 152 valence electrons. The zero-order valence-corrected chi connectivity index (χ0v) is 17.4. The highest BCUT2D eigenvalue weighted by Crippen LogP contribution is 2.36. The van der Waals surface area contributed by atoms with Crippen LogP contribution in [0.1, 0.15) is 53.4 Å². The average Bonchev–Trinajstić information content (AvgIpc) is 2.67. The molecular weight excluding hydrogens is 340 g/mol. The van der Waals surface area contributed by atoms with Crippen LogP contribution in [0.25, 0.3) is 0 Å². The number of carbonyl (C=O) groups excluding carboxylic acids is 1. The maximum absolute atomic E-state index is 13.0. The van der Waals surface area contributed by atoms with E-state index in [1.807, 2.05) is 31.2 Å². The third kappa shape index (κ3) is 6.22. The van der Waals surface area contributed by atoms with Crippen LogP contribution in [0.5, 0.6) is 5.75 Å². The van der Waals surface area contributed by atoms with Gasteiger partial charge in [-0.3, -0.25) is 4.79 Å². The van der Waals surface area contributed by atoms with Crippen LogP contribution in [0.3, 0.4) is 0 Å². The van der Waals surface area contributed by atoms with E-state index >= 15 is 0 Å². The van der Waals surface area contributed by atoms with Gasteiger partial charge in [-0.1, -0.05) is 27.2 Å². The van der Waals surface area contributed by atoms with Crippen molar-refractivity contribution in [2.45, 2.75) is 59.0 Å². The SMILES string of the molecule is CCOC1(C(=O)Nc2ccc(OCCN(CC)CC)cc2)CCCC(C)C1. The van der Waals surface area contributed by atoms with E-state index in [0.717, 1.165) is 50.3 Å². The maximum atomic E-state index is 13.0. The molecule has 5 nitrogen and oxygen atoms in total. The number of benzene rings is 1. The smallest absolute Gasteiger partial charge is 0.256 e. The largest absolute Gasteiger partial charge is 0.492 e. The Morgan fingerprint density at radius 1 is 1.22 bits per heavy atom. The summed E-state index contributed by atoms with van der Waals surface area (Å²) in [6.07, 6.45) is 3.79. The van der Waals surface area contributed by atoms with Crippen molar-refractivity contribution < 1.29 is 14.3 Å². The van der Waals surface area contributed by atoms with Crippen LogP contribution < -0.4 is 10.1 Å². The van der Waals surface area contributed by atoms with E-state index in [2.05, 4.69) is 31.0 Å². The predicted octanol–water partition coefficient (Wildman–Crippen LogP) is 4.33. The number of nitrogens with one attached hydrogen (secondary N) is 1. The van der Waals surface area contributed by atoms with Crippen molar-refractivity contribution in [2.24, 2.45) is 5.92 Å². The molecule has 1 amide bonds. The summed E-state index contributed by atoms with van der Waals surface area (Å²) in [5.74, 6) is 1.31. The summed E-state index contributed by atoms with van der Waals surface area (Å²) < 4.78 is 11.8. The molecule has 27 heavy (non-hydrogen) atoms. The molecule has 0 spiro atoms. The van der Waals surface area contributed by atoms with E-state index in [1.165, 1.54) is 6.42 Å². The fourth-order valence-electron chi connectivity index (χ4n) is 3.89. The van der Waals surface area contributed by atoms with Gasteiger partial charge in [-0.15, -0.1) is 0 Å². The Balaban J connectivity index is 1.91. The standard InChI is InChI=1S/C22H36N2O3/c1-5-24(6-2)15-16-26-20-12-10-19(11-13-20)23-21(25)22(27-7-3)14-8-9-18(4)17-22/h10-13,18H,5-9,14-17H2,1-4H3,(H,23,25). The lowest BCUT2D eigenvalue weighted by atomic mass is 9.78. The third-order valence-electron chi connectivity index (χ3n) is 5.47. The number of amides is 1. The van der Waals surface area contributed by atoms with Gasteiger partial charge in [-0.2, -0.15) is 0 Å². The summed E-state index contributed by atoms with van der Waals surface area (Å²) in [6, 6.07) is 7.62. The fraction of sp³-hybridized carbons (Fsp3) is 0.682. The van der Waals surface area contributed by atoms with Gasteiger partial charge in [-0.25, -0.2) is 0 Å². The Labute approximate surface area is 164 Å². The van der Waals surface area contributed by atoms with E-state index in [-0.39, 0.29) is 5.91 Å². The molecule has 0 aromatic heterocycles. The second-order valence-corrected chi connectivity index (χ2v) is 7.48. The quantitative estimate of drug-likeness (QED) is 0.660. The first kappa shape index (κ1) is 21.7. The molecule has 2 atom stereocenters. The molecule has 1 N–H and O–H groups in total. The molecule has 0 aliphatic heterocycles. The van der Waals surface area contributed by atoms with E-state index in [0.29, 0.717) is 19.1 Å². The molecule has 2 rings (SSSR count). The summed E-state index contributed by atoms with van der Waals surface area (Å²) >= 11 is 0. The summed E-state index contributed by atoms with van der Waals surface area (Å²) in [6.45, 7) is 12.7. The lowest BCUT2D eigenvalue weighted by Crippen LogP contribution is -2.48. The Morgan fingerprint density at radius 3 is 2.52 bits per heavy atom. The normalized spacial score (nSPS) is 22.6. The Hall–Kier alpha value is -1.59. The highest BCUT2D eigenvalue weighted by atomic mass is 16.5. The molecule has 1 aromatic rings. The molecule has 0 bridgehead atoms. The van der Waals surface area contributed by atoms with Gasteiger partial charge in [0.1, 0.15) is 18.0 Å². The molecule has 1 fully saturated rings. The van der Waals surface area contributed by atoms with Gasteiger partial charge in [0.15, 0.2) is 0 Å². The van der Waals surface area contributed by atoms with Gasteiger partial charge in [-0.05, 0) is 69.5 Å². The maximum Gasteiger partial charge on any atom is 0.256 e. The van der Waals surface area contributed by atoms with Gasteiger partial charge in [0, 0.05) is 18.8 Å². The fourth-order valence-corrected chi connectivity index (χ4v) is 3.89. The summed E-state index contributed by atoms with van der Waals surface area (Å²) in [5, 5.41) is 3.05. The molecule has 1 aliphatic rings. The van der Waals surface area contributed by atoms with Crippen LogP contribution in [0.2, 0.25) is 0 Å². The van der Waals surface area contributed by atoms with Gasteiger partial charge in [0.05, 0.1) is 0 Å². The number of hydrogen-bond acceptors (Lipinski definition) is 4. The first-order valence-electron chi connectivity index (χ1n) is 10.4. The van der Waals surface area contributed by atoms with Crippen LogP contribution in [-0.2, 0) is 9.53 Å². The Bertz CT molecular complexity index is 567. The van der Waals surface area contributed by atoms with E-state index < -0.39 is 5.60 Å². The van der Waals surface area contributed by atoms with Crippen molar-refractivity contribution in [1.82, 2.24) is 4.90 Å². The second-order valence-electron chi connectivity index (χ2n) is 7.48. The van der Waals surface area contributed by atoms with Crippen LogP contribution in [0.4, 0.5) is 5.69 Å². The highest BCUT2D eigenvalue weighted by Gasteiger charge is 2.42. The Kier molecular flexibility index (Phi) is 8.58. The number of anilines is 1. The highest BCUT2D eigenvalue weighted by molar-refractivity contribution is 5.97. The van der Waals surface area contributed by atoms with Crippen molar-refractivity contribution in [3.05, 3.63) is 24.3 Å². The van der Waals surface area contributed by atoms with E-state index in [1.54, 1.807) is 0 Å². The molecular formula is C22H36N2O3. The molecule has 5 heteroatoms. The second kappa shape index (κ2) is 10.7. The molecule has 1 saturated carbocycles. The topological polar surface area (TPSA) is 50.8 Å². The van der Waals surface area contributed by atoms with Crippen LogP contribution >= 0.6 is 0 Å². The number of hydrogen-bond donors (Lipinski definition) is 1. The summed E-state index contributed by atoms with van der Waals surface area (Å²) in [7, 11) is 0. The van der Waals surface area contributed by atoms with Crippen molar-refractivity contribution >= 4 is 11.6 Å². The molecule has 0 heterocycles. The van der Waals surface area contributed by atoms with Crippen molar-refractivity contribution in [3.63, 3.8) is 0 Å². The van der Waals surface area contributed by atoms with Gasteiger partial charge in [0.2, 0.25) is 0 Å². The molecule has 0 saturated heterocycles. The van der Waals surface area contributed by atoms with E-state index in [9.17, 15) is 4.79 Å². The number of likely N-dealkylation sites (N-methyl/N-ethyl adjacent to an activating group) is 1. The van der Waals surface area contributed by atoms with Gasteiger partial charge < -0.3 is 19.7 Å².